The molecule has 0 unspecified atom stereocenters. The first-order valence-electron chi connectivity index (χ1n) is 3.82. The number of rotatable bonds is 3. The molecule has 0 aromatic carbocycles. The van der Waals surface area contributed by atoms with E-state index in [-0.39, 0.29) is 0 Å². The minimum absolute atomic E-state index is 1.17. The predicted octanol–water partition coefficient (Wildman–Crippen LogP) is 1.76. The molecule has 1 rings (SSSR count). The standard InChI is InChI=1S/C8H12BN/c1-2-3-4-8-7-10-6-5-9-8/h5-7H,2-4H2,1H3. The first-order chi connectivity index (χ1) is 4.93. The third-order valence-corrected chi connectivity index (χ3v) is 1.54. The summed E-state index contributed by atoms with van der Waals surface area (Å²) >= 11 is 0. The molecule has 0 bridgehead atoms. The molecule has 1 heterocycles. The van der Waals surface area contributed by atoms with Crippen molar-refractivity contribution in [3.63, 3.8) is 0 Å². The van der Waals surface area contributed by atoms with Gasteiger partial charge in [0.05, 0.1) is 0 Å². The SMILES string of the molecule is CCCCc1bccnc1. The van der Waals surface area contributed by atoms with Crippen LogP contribution in [0, 0.1) is 0 Å². The van der Waals surface area contributed by atoms with E-state index in [1.807, 2.05) is 18.4 Å². The van der Waals surface area contributed by atoms with E-state index in [4.69, 9.17) is 0 Å². The zero-order valence-electron chi connectivity index (χ0n) is 6.38. The van der Waals surface area contributed by atoms with Crippen molar-refractivity contribution in [2.75, 3.05) is 0 Å². The Labute approximate surface area is 62.7 Å². The molecular formula is C8H12BN. The maximum absolute atomic E-state index is 4.04. The molecule has 10 heavy (non-hydrogen) atoms. The number of hydrogen-bond acceptors (Lipinski definition) is 1. The van der Waals surface area contributed by atoms with Gasteiger partial charge in [-0.1, -0.05) is 0 Å². The molecule has 0 saturated heterocycles. The molecule has 0 N–H and O–H groups in total. The molecule has 2 heteroatoms. The first kappa shape index (κ1) is 7.45. The average molecular weight is 133 g/mol. The van der Waals surface area contributed by atoms with Crippen LogP contribution >= 0.6 is 0 Å². The van der Waals surface area contributed by atoms with Gasteiger partial charge < -0.3 is 0 Å². The normalized spacial score (nSPS) is 9.30. The number of aryl methyl sites for hydroxylation is 1. The van der Waals surface area contributed by atoms with Crippen LogP contribution < -0.4 is 0 Å². The molecular weight excluding hydrogens is 121 g/mol. The van der Waals surface area contributed by atoms with Crippen molar-refractivity contribution < 1.29 is 0 Å². The first-order valence-corrected chi connectivity index (χ1v) is 3.82. The van der Waals surface area contributed by atoms with Gasteiger partial charge in [-0.15, -0.1) is 0 Å². The zero-order valence-corrected chi connectivity index (χ0v) is 6.38. The van der Waals surface area contributed by atoms with Crippen LogP contribution in [0.3, 0.4) is 0 Å². The molecule has 0 aliphatic heterocycles. The molecule has 0 atom stereocenters. The fraction of sp³-hybridized carbons (Fsp3) is 0.500. The van der Waals surface area contributed by atoms with Crippen molar-refractivity contribution in [1.29, 1.82) is 0 Å². The molecule has 1 aromatic heterocycles. The van der Waals surface area contributed by atoms with Crippen LogP contribution in [0.15, 0.2) is 18.4 Å². The number of nitrogens with zero attached hydrogens (tertiary/aromatic N) is 1. The van der Waals surface area contributed by atoms with E-state index in [0.29, 0.717) is 0 Å². The van der Waals surface area contributed by atoms with E-state index in [1.165, 1.54) is 24.7 Å². The molecule has 0 saturated carbocycles. The Morgan fingerprint density at radius 2 is 2.50 bits per heavy atom. The van der Waals surface area contributed by atoms with Crippen LogP contribution in [-0.4, -0.2) is 11.9 Å². The van der Waals surface area contributed by atoms with Gasteiger partial charge in [0.25, 0.3) is 0 Å². The third kappa shape index (κ3) is 2.30. The Morgan fingerprint density at radius 1 is 1.60 bits per heavy atom. The fourth-order valence-corrected chi connectivity index (χ4v) is 0.927. The Morgan fingerprint density at radius 3 is 3.10 bits per heavy atom. The number of aromatic nitrogens is 1. The Bertz CT molecular complexity index is 174. The minimum atomic E-state index is 1.17. The second-order valence-corrected chi connectivity index (χ2v) is 2.46. The maximum atomic E-state index is 4.04. The molecule has 1 aromatic rings. The van der Waals surface area contributed by atoms with Crippen LogP contribution in [0.4, 0.5) is 0 Å². The van der Waals surface area contributed by atoms with Gasteiger partial charge in [-0.25, -0.2) is 0 Å². The summed E-state index contributed by atoms with van der Waals surface area (Å²) in [7, 11) is 0. The summed E-state index contributed by atoms with van der Waals surface area (Å²) in [6.45, 7) is 4.33. The molecule has 52 valence electrons. The van der Waals surface area contributed by atoms with Gasteiger partial charge in [-0.3, -0.25) is 0 Å². The van der Waals surface area contributed by atoms with Crippen molar-refractivity contribution in [2.45, 2.75) is 26.2 Å². The van der Waals surface area contributed by atoms with E-state index in [0.717, 1.165) is 0 Å². The van der Waals surface area contributed by atoms with E-state index in [9.17, 15) is 0 Å². The van der Waals surface area contributed by atoms with Crippen LogP contribution in [0.5, 0.6) is 0 Å². The Kier molecular flexibility index (Phi) is 3.13. The van der Waals surface area contributed by atoms with Gasteiger partial charge in [-0.05, 0) is 0 Å². The van der Waals surface area contributed by atoms with Crippen LogP contribution in [0.25, 0.3) is 0 Å². The molecule has 0 amide bonds. The number of unbranched alkanes of at least 4 members (excludes halogenated alkanes) is 1. The van der Waals surface area contributed by atoms with Crippen LogP contribution in [0.2, 0.25) is 0 Å². The Hall–Kier alpha value is -0.655. The molecule has 1 nitrogen and oxygen atoms in total. The van der Waals surface area contributed by atoms with E-state index < -0.39 is 0 Å². The fourth-order valence-electron chi connectivity index (χ4n) is 0.927. The quantitative estimate of drug-likeness (QED) is 0.612. The summed E-state index contributed by atoms with van der Waals surface area (Å²) in [5, 5.41) is 0. The van der Waals surface area contributed by atoms with Gasteiger partial charge in [-0.2, -0.15) is 0 Å². The second-order valence-electron chi connectivity index (χ2n) is 2.46. The summed E-state index contributed by atoms with van der Waals surface area (Å²) in [4.78, 5) is 4.04. The predicted molar refractivity (Wildman–Crippen MR) is 44.2 cm³/mol. The summed E-state index contributed by atoms with van der Waals surface area (Å²) in [5.74, 6) is 1.99. The van der Waals surface area contributed by atoms with Crippen molar-refractivity contribution in [1.82, 2.24) is 4.98 Å². The zero-order chi connectivity index (χ0) is 7.23. The molecule has 0 fully saturated rings. The third-order valence-electron chi connectivity index (χ3n) is 1.54. The summed E-state index contributed by atoms with van der Waals surface area (Å²) in [6.07, 6.45) is 7.45. The Balaban J connectivity index is 2.43. The summed E-state index contributed by atoms with van der Waals surface area (Å²) < 4.78 is 0. The van der Waals surface area contributed by atoms with Crippen molar-refractivity contribution in [2.24, 2.45) is 0 Å². The van der Waals surface area contributed by atoms with E-state index in [1.54, 1.807) is 0 Å². The van der Waals surface area contributed by atoms with Gasteiger partial charge in [0, 0.05) is 0 Å². The monoisotopic (exact) mass is 133 g/mol. The molecule has 0 spiro atoms. The van der Waals surface area contributed by atoms with Gasteiger partial charge in [0.1, 0.15) is 0 Å². The summed E-state index contributed by atoms with van der Waals surface area (Å²) in [6, 6.07) is 0. The van der Waals surface area contributed by atoms with Crippen LogP contribution in [0.1, 0.15) is 25.2 Å². The van der Waals surface area contributed by atoms with E-state index in [2.05, 4.69) is 18.8 Å². The molecule has 0 aliphatic rings. The van der Waals surface area contributed by atoms with Crippen molar-refractivity contribution in [3.8, 4) is 0 Å². The summed E-state index contributed by atoms with van der Waals surface area (Å²) in [5.41, 5.74) is 1.35. The van der Waals surface area contributed by atoms with Gasteiger partial charge in [0.15, 0.2) is 0 Å². The van der Waals surface area contributed by atoms with Gasteiger partial charge in [0.2, 0.25) is 0 Å². The van der Waals surface area contributed by atoms with E-state index >= 15 is 0 Å². The topological polar surface area (TPSA) is 12.9 Å². The number of hydrogen-bond donors (Lipinski definition) is 0. The van der Waals surface area contributed by atoms with Crippen molar-refractivity contribution >= 4 is 6.91 Å². The molecule has 0 radical (unpaired) electrons. The van der Waals surface area contributed by atoms with Gasteiger partial charge >= 0.3 is 61.9 Å². The van der Waals surface area contributed by atoms with Crippen LogP contribution in [-0.2, 0) is 6.42 Å². The van der Waals surface area contributed by atoms with Crippen molar-refractivity contribution in [3.05, 3.63) is 23.8 Å². The molecule has 0 aliphatic carbocycles. The average Bonchev–Trinajstić information content (AvgIpc) is 2.03. The second kappa shape index (κ2) is 4.21.